The van der Waals surface area contributed by atoms with Crippen LogP contribution in [0.5, 0.6) is 0 Å². The van der Waals surface area contributed by atoms with Crippen molar-refractivity contribution in [1.82, 2.24) is 25.6 Å². The quantitative estimate of drug-likeness (QED) is 0.623. The molecule has 1 aliphatic heterocycles. The molecule has 2 aliphatic rings. The predicted octanol–water partition coefficient (Wildman–Crippen LogP) is 1.62. The Kier molecular flexibility index (Phi) is 6.08. The van der Waals surface area contributed by atoms with Crippen LogP contribution in [0.4, 0.5) is 17.6 Å². The fourth-order valence-electron chi connectivity index (χ4n) is 3.86. The molecule has 0 amide bonds. The van der Waals surface area contributed by atoms with Crippen LogP contribution >= 0.6 is 0 Å². The summed E-state index contributed by atoms with van der Waals surface area (Å²) in [5.74, 6) is 2.13. The standard InChI is InChI=1S/C20H27N7O/c28-12-8-15-13-24-20(26-19(15)25-16-5-1-2-6-16)27(17-7-3-4-9-22-17)18-14-21-10-11-23-18/h3-4,7,9,12-13,16,18,21,23H,1-2,5-6,8,10-11,14H2,(H,24,25,26). The van der Waals surface area contributed by atoms with Gasteiger partial charge in [-0.3, -0.25) is 10.2 Å². The zero-order valence-electron chi connectivity index (χ0n) is 16.0. The Hall–Kier alpha value is -2.58. The van der Waals surface area contributed by atoms with Crippen molar-refractivity contribution in [2.24, 2.45) is 0 Å². The van der Waals surface area contributed by atoms with Gasteiger partial charge in [0.15, 0.2) is 0 Å². The molecule has 0 spiro atoms. The highest BCUT2D eigenvalue weighted by Gasteiger charge is 2.26. The molecule has 1 saturated carbocycles. The lowest BCUT2D eigenvalue weighted by Gasteiger charge is -2.35. The fourth-order valence-corrected chi connectivity index (χ4v) is 3.86. The summed E-state index contributed by atoms with van der Waals surface area (Å²) in [4.78, 5) is 27.1. The van der Waals surface area contributed by atoms with Crippen molar-refractivity contribution < 1.29 is 4.79 Å². The van der Waals surface area contributed by atoms with Gasteiger partial charge < -0.3 is 15.4 Å². The first-order valence-corrected chi connectivity index (χ1v) is 10.1. The number of piperazine rings is 1. The third kappa shape index (κ3) is 4.28. The van der Waals surface area contributed by atoms with Crippen molar-refractivity contribution in [1.29, 1.82) is 0 Å². The lowest BCUT2D eigenvalue weighted by Crippen LogP contribution is -2.56. The normalized spacial score (nSPS) is 20.1. The lowest BCUT2D eigenvalue weighted by molar-refractivity contribution is -0.107. The van der Waals surface area contributed by atoms with Crippen LogP contribution in [-0.4, -0.2) is 53.1 Å². The van der Waals surface area contributed by atoms with Gasteiger partial charge in [-0.1, -0.05) is 18.9 Å². The van der Waals surface area contributed by atoms with Gasteiger partial charge in [-0.2, -0.15) is 4.98 Å². The van der Waals surface area contributed by atoms with E-state index in [1.165, 1.54) is 12.8 Å². The summed E-state index contributed by atoms with van der Waals surface area (Å²) in [6.45, 7) is 2.56. The summed E-state index contributed by atoms with van der Waals surface area (Å²) in [5, 5.41) is 10.5. The Morgan fingerprint density at radius 1 is 1.21 bits per heavy atom. The minimum atomic E-state index is -0.0000912. The molecule has 0 aromatic carbocycles. The highest BCUT2D eigenvalue weighted by atomic mass is 16.1. The minimum absolute atomic E-state index is 0.0000912. The van der Waals surface area contributed by atoms with Gasteiger partial charge in [-0.05, 0) is 25.0 Å². The summed E-state index contributed by atoms with van der Waals surface area (Å²) in [6.07, 6.45) is 9.49. The Morgan fingerprint density at radius 3 is 2.82 bits per heavy atom. The van der Waals surface area contributed by atoms with Gasteiger partial charge in [0, 0.05) is 50.1 Å². The molecular weight excluding hydrogens is 354 g/mol. The maximum Gasteiger partial charge on any atom is 0.234 e. The van der Waals surface area contributed by atoms with Gasteiger partial charge >= 0.3 is 0 Å². The number of aldehydes is 1. The summed E-state index contributed by atoms with van der Waals surface area (Å²) < 4.78 is 0. The molecule has 1 aliphatic carbocycles. The Bertz CT molecular complexity index is 773. The predicted molar refractivity (Wildman–Crippen MR) is 109 cm³/mol. The Morgan fingerprint density at radius 2 is 2.11 bits per heavy atom. The van der Waals surface area contributed by atoms with E-state index in [2.05, 4.69) is 25.9 Å². The molecule has 0 bridgehead atoms. The molecule has 2 aromatic rings. The molecule has 148 valence electrons. The van der Waals surface area contributed by atoms with Gasteiger partial charge in [0.05, 0.1) is 0 Å². The van der Waals surface area contributed by atoms with E-state index in [4.69, 9.17) is 4.98 Å². The van der Waals surface area contributed by atoms with Gasteiger partial charge in [0.2, 0.25) is 5.95 Å². The third-order valence-electron chi connectivity index (χ3n) is 5.29. The number of carbonyl (C=O) groups excluding carboxylic acids is 1. The topological polar surface area (TPSA) is 95.1 Å². The summed E-state index contributed by atoms with van der Waals surface area (Å²) in [6, 6.07) is 6.23. The number of aromatic nitrogens is 3. The van der Waals surface area contributed by atoms with Crippen molar-refractivity contribution in [3.8, 4) is 0 Å². The molecule has 28 heavy (non-hydrogen) atoms. The Labute approximate surface area is 165 Å². The molecule has 4 rings (SSSR count). The first-order valence-electron chi connectivity index (χ1n) is 10.1. The van der Waals surface area contributed by atoms with E-state index in [1.807, 2.05) is 23.1 Å². The summed E-state index contributed by atoms with van der Waals surface area (Å²) >= 11 is 0. The zero-order valence-corrected chi connectivity index (χ0v) is 16.0. The smallest absolute Gasteiger partial charge is 0.234 e. The van der Waals surface area contributed by atoms with Crippen LogP contribution in [0.1, 0.15) is 31.2 Å². The van der Waals surface area contributed by atoms with E-state index in [0.29, 0.717) is 18.4 Å². The van der Waals surface area contributed by atoms with E-state index in [0.717, 1.165) is 56.0 Å². The van der Waals surface area contributed by atoms with Crippen LogP contribution in [0.25, 0.3) is 0 Å². The fraction of sp³-hybridized carbons (Fsp3) is 0.500. The number of rotatable bonds is 7. The monoisotopic (exact) mass is 381 g/mol. The molecule has 1 unspecified atom stereocenters. The molecule has 3 N–H and O–H groups in total. The molecule has 2 fully saturated rings. The van der Waals surface area contributed by atoms with E-state index < -0.39 is 0 Å². The third-order valence-corrected chi connectivity index (χ3v) is 5.29. The van der Waals surface area contributed by atoms with E-state index in [9.17, 15) is 4.79 Å². The van der Waals surface area contributed by atoms with Crippen molar-refractivity contribution in [3.05, 3.63) is 36.2 Å². The minimum Gasteiger partial charge on any atom is -0.367 e. The largest absolute Gasteiger partial charge is 0.367 e. The molecular formula is C20H27N7O. The van der Waals surface area contributed by atoms with Gasteiger partial charge in [0.25, 0.3) is 0 Å². The average Bonchev–Trinajstić information content (AvgIpc) is 3.25. The lowest BCUT2D eigenvalue weighted by atomic mass is 10.2. The van der Waals surface area contributed by atoms with Crippen molar-refractivity contribution in [2.45, 2.75) is 44.3 Å². The molecule has 1 atom stereocenters. The first kappa shape index (κ1) is 18.8. The van der Waals surface area contributed by atoms with E-state index in [1.54, 1.807) is 12.4 Å². The van der Waals surface area contributed by atoms with Crippen LogP contribution < -0.4 is 20.9 Å². The van der Waals surface area contributed by atoms with Crippen LogP contribution in [-0.2, 0) is 11.2 Å². The molecule has 2 aromatic heterocycles. The number of anilines is 3. The van der Waals surface area contributed by atoms with Crippen molar-refractivity contribution in [2.75, 3.05) is 29.9 Å². The molecule has 3 heterocycles. The first-order chi connectivity index (χ1) is 13.8. The van der Waals surface area contributed by atoms with Crippen molar-refractivity contribution in [3.63, 3.8) is 0 Å². The summed E-state index contributed by atoms with van der Waals surface area (Å²) in [5.41, 5.74) is 0.835. The SMILES string of the molecule is O=CCc1cnc(N(c2ccccn2)C2CNCCN2)nc1NC1CCCC1. The van der Waals surface area contributed by atoms with Crippen LogP contribution in [0.15, 0.2) is 30.6 Å². The second-order valence-electron chi connectivity index (χ2n) is 7.27. The maximum absolute atomic E-state index is 11.1. The number of nitrogens with zero attached hydrogens (tertiary/aromatic N) is 4. The van der Waals surface area contributed by atoms with Crippen molar-refractivity contribution >= 4 is 23.9 Å². The van der Waals surface area contributed by atoms with Gasteiger partial charge in [-0.15, -0.1) is 0 Å². The molecule has 8 heteroatoms. The van der Waals surface area contributed by atoms with Gasteiger partial charge in [0.1, 0.15) is 24.1 Å². The maximum atomic E-state index is 11.1. The average molecular weight is 381 g/mol. The number of hydrogen-bond acceptors (Lipinski definition) is 8. The molecule has 0 radical (unpaired) electrons. The van der Waals surface area contributed by atoms with Gasteiger partial charge in [-0.25, -0.2) is 9.97 Å². The van der Waals surface area contributed by atoms with Crippen LogP contribution in [0.3, 0.4) is 0 Å². The number of hydrogen-bond donors (Lipinski definition) is 3. The second-order valence-corrected chi connectivity index (χ2v) is 7.27. The zero-order chi connectivity index (χ0) is 19.2. The van der Waals surface area contributed by atoms with E-state index >= 15 is 0 Å². The highest BCUT2D eigenvalue weighted by Crippen LogP contribution is 2.27. The van der Waals surface area contributed by atoms with Crippen LogP contribution in [0.2, 0.25) is 0 Å². The molecule has 1 saturated heterocycles. The highest BCUT2D eigenvalue weighted by molar-refractivity contribution is 5.63. The second kappa shape index (κ2) is 9.07. The number of nitrogens with one attached hydrogen (secondary N) is 3. The molecule has 8 nitrogen and oxygen atoms in total. The van der Waals surface area contributed by atoms with Crippen LogP contribution in [0, 0.1) is 0 Å². The number of pyridine rings is 1. The number of carbonyl (C=O) groups is 1. The Balaban J connectivity index is 1.69. The van der Waals surface area contributed by atoms with E-state index in [-0.39, 0.29) is 6.17 Å². The summed E-state index contributed by atoms with van der Waals surface area (Å²) in [7, 11) is 0.